The Bertz CT molecular complexity index is 878. The Morgan fingerprint density at radius 3 is 2.35 bits per heavy atom. The summed E-state index contributed by atoms with van der Waals surface area (Å²) >= 11 is 0. The van der Waals surface area contributed by atoms with Gasteiger partial charge in [-0.05, 0) is 49.2 Å². The normalized spacial score (nSPS) is 17.6. The molecule has 2 aromatic rings. The van der Waals surface area contributed by atoms with Gasteiger partial charge >= 0.3 is 0 Å². The lowest BCUT2D eigenvalue weighted by atomic mass is 9.94. The zero-order valence-corrected chi connectivity index (χ0v) is 18.0. The number of furan rings is 1. The van der Waals surface area contributed by atoms with Gasteiger partial charge in [-0.25, -0.2) is 0 Å². The Morgan fingerprint density at radius 2 is 1.68 bits per heavy atom. The summed E-state index contributed by atoms with van der Waals surface area (Å²) in [7, 11) is 1.64. The molecule has 2 aliphatic rings. The number of hydrogen-bond donors (Lipinski definition) is 0. The minimum atomic E-state index is 0.0271. The average Bonchev–Trinajstić information content (AvgIpc) is 3.32. The predicted octanol–water partition coefficient (Wildman–Crippen LogP) is 2.99. The van der Waals surface area contributed by atoms with E-state index < -0.39 is 0 Å². The molecular formula is C24H30N2O5. The first-order valence-electron chi connectivity index (χ1n) is 11.0. The van der Waals surface area contributed by atoms with Gasteiger partial charge in [0.05, 0.1) is 20.3 Å². The maximum absolute atomic E-state index is 12.7. The van der Waals surface area contributed by atoms with Gasteiger partial charge in [0.15, 0.2) is 0 Å². The minimum absolute atomic E-state index is 0.0271. The fraction of sp³-hybridized carbons (Fsp3) is 0.500. The van der Waals surface area contributed by atoms with E-state index in [4.69, 9.17) is 13.9 Å². The van der Waals surface area contributed by atoms with E-state index in [-0.39, 0.29) is 17.7 Å². The molecule has 1 aromatic carbocycles. The summed E-state index contributed by atoms with van der Waals surface area (Å²) in [5.41, 5.74) is 0.977. The first-order chi connectivity index (χ1) is 15.1. The summed E-state index contributed by atoms with van der Waals surface area (Å²) in [6.07, 6.45) is 2.47. The van der Waals surface area contributed by atoms with E-state index in [0.717, 1.165) is 35.7 Å². The van der Waals surface area contributed by atoms with Crippen LogP contribution in [0.1, 0.15) is 25.0 Å². The Labute approximate surface area is 182 Å². The molecular weight excluding hydrogens is 396 g/mol. The van der Waals surface area contributed by atoms with E-state index in [0.29, 0.717) is 52.2 Å². The molecule has 0 saturated carbocycles. The second-order valence-corrected chi connectivity index (χ2v) is 8.09. The van der Waals surface area contributed by atoms with Gasteiger partial charge in [0, 0.05) is 50.5 Å². The van der Waals surface area contributed by atoms with Crippen LogP contribution in [0.25, 0.3) is 11.3 Å². The van der Waals surface area contributed by atoms with Crippen molar-refractivity contribution in [2.75, 3.05) is 46.5 Å². The monoisotopic (exact) mass is 426 g/mol. The van der Waals surface area contributed by atoms with Crippen molar-refractivity contribution in [3.05, 3.63) is 42.2 Å². The number of methoxy groups -OCH3 is 1. The summed E-state index contributed by atoms with van der Waals surface area (Å²) in [6.45, 7) is 3.90. The van der Waals surface area contributed by atoms with E-state index in [2.05, 4.69) is 0 Å². The summed E-state index contributed by atoms with van der Waals surface area (Å²) in [4.78, 5) is 29.1. The predicted molar refractivity (Wildman–Crippen MR) is 116 cm³/mol. The molecule has 7 heteroatoms. The van der Waals surface area contributed by atoms with Crippen molar-refractivity contribution < 1.29 is 23.5 Å². The van der Waals surface area contributed by atoms with E-state index in [1.54, 1.807) is 7.11 Å². The Kier molecular flexibility index (Phi) is 6.92. The van der Waals surface area contributed by atoms with Gasteiger partial charge < -0.3 is 23.7 Å². The highest BCUT2D eigenvalue weighted by Crippen LogP contribution is 2.26. The van der Waals surface area contributed by atoms with Crippen LogP contribution in [0.2, 0.25) is 0 Å². The van der Waals surface area contributed by atoms with Crippen LogP contribution in [-0.4, -0.2) is 68.1 Å². The molecule has 4 rings (SSSR count). The number of ether oxygens (including phenoxy) is 2. The second-order valence-electron chi connectivity index (χ2n) is 8.09. The number of rotatable bonds is 6. The molecule has 7 nitrogen and oxygen atoms in total. The lowest BCUT2D eigenvalue weighted by molar-refractivity contribution is -0.143. The van der Waals surface area contributed by atoms with Crippen LogP contribution < -0.4 is 4.74 Å². The number of carbonyl (C=O) groups excluding carboxylic acids is 2. The van der Waals surface area contributed by atoms with Crippen LogP contribution in [0, 0.1) is 5.92 Å². The Hall–Kier alpha value is -2.80. The summed E-state index contributed by atoms with van der Waals surface area (Å²) in [5.74, 6) is 2.76. The number of likely N-dealkylation sites (tertiary alicyclic amines) is 1. The number of amides is 2. The number of piperidine rings is 1. The molecule has 31 heavy (non-hydrogen) atoms. The first kappa shape index (κ1) is 21.4. The summed E-state index contributed by atoms with van der Waals surface area (Å²) in [5, 5.41) is 0. The molecule has 0 radical (unpaired) electrons. The van der Waals surface area contributed by atoms with Gasteiger partial charge in [0.2, 0.25) is 11.8 Å². The highest BCUT2D eigenvalue weighted by atomic mass is 16.5. The van der Waals surface area contributed by atoms with Crippen LogP contribution in [0.5, 0.6) is 5.75 Å². The second kappa shape index (κ2) is 10.0. The van der Waals surface area contributed by atoms with Crippen LogP contribution in [-0.2, 0) is 20.7 Å². The van der Waals surface area contributed by atoms with E-state index in [9.17, 15) is 9.59 Å². The van der Waals surface area contributed by atoms with Gasteiger partial charge in [0.1, 0.15) is 17.3 Å². The standard InChI is InChI=1S/C24H30N2O5/c1-29-20-4-2-18(3-5-20)22-8-6-21(31-22)7-9-23(27)25-12-10-19(11-13-25)24(28)26-14-16-30-17-15-26/h2-6,8,19H,7,9-17H2,1H3. The number of carbonyl (C=O) groups is 2. The fourth-order valence-electron chi connectivity index (χ4n) is 4.23. The van der Waals surface area contributed by atoms with Crippen LogP contribution in [0.4, 0.5) is 0 Å². The molecule has 2 fully saturated rings. The average molecular weight is 427 g/mol. The zero-order valence-electron chi connectivity index (χ0n) is 18.0. The first-order valence-corrected chi connectivity index (χ1v) is 11.0. The maximum Gasteiger partial charge on any atom is 0.225 e. The largest absolute Gasteiger partial charge is 0.497 e. The fourth-order valence-corrected chi connectivity index (χ4v) is 4.23. The van der Waals surface area contributed by atoms with Crippen molar-refractivity contribution in [1.29, 1.82) is 0 Å². The summed E-state index contributed by atoms with van der Waals surface area (Å²) in [6, 6.07) is 11.6. The van der Waals surface area contributed by atoms with E-state index >= 15 is 0 Å². The van der Waals surface area contributed by atoms with Crippen molar-refractivity contribution in [1.82, 2.24) is 9.80 Å². The third-order valence-corrected chi connectivity index (χ3v) is 6.14. The molecule has 2 amide bonds. The number of benzene rings is 1. The SMILES string of the molecule is COc1ccc(-c2ccc(CCC(=O)N3CCC(C(=O)N4CCOCC4)CC3)o2)cc1. The molecule has 0 spiro atoms. The molecule has 1 aromatic heterocycles. The topological polar surface area (TPSA) is 72.2 Å². The highest BCUT2D eigenvalue weighted by molar-refractivity contribution is 5.80. The molecule has 2 aliphatic heterocycles. The van der Waals surface area contributed by atoms with Crippen molar-refractivity contribution in [2.45, 2.75) is 25.7 Å². The molecule has 0 bridgehead atoms. The summed E-state index contributed by atoms with van der Waals surface area (Å²) < 4.78 is 16.4. The van der Waals surface area contributed by atoms with Crippen LogP contribution >= 0.6 is 0 Å². The smallest absolute Gasteiger partial charge is 0.225 e. The molecule has 0 aliphatic carbocycles. The van der Waals surface area contributed by atoms with E-state index in [1.807, 2.05) is 46.2 Å². The van der Waals surface area contributed by atoms with Crippen molar-refractivity contribution in [3.63, 3.8) is 0 Å². The zero-order chi connectivity index (χ0) is 21.6. The molecule has 3 heterocycles. The number of aryl methyl sites for hydroxylation is 1. The van der Waals surface area contributed by atoms with Gasteiger partial charge in [-0.15, -0.1) is 0 Å². The van der Waals surface area contributed by atoms with Gasteiger partial charge in [0.25, 0.3) is 0 Å². The highest BCUT2D eigenvalue weighted by Gasteiger charge is 2.30. The van der Waals surface area contributed by atoms with E-state index in [1.165, 1.54) is 0 Å². The lowest BCUT2D eigenvalue weighted by Gasteiger charge is -2.35. The Balaban J connectivity index is 1.23. The quantitative estimate of drug-likeness (QED) is 0.710. The molecule has 0 unspecified atom stereocenters. The molecule has 0 atom stereocenters. The van der Waals surface area contributed by atoms with Gasteiger partial charge in [-0.1, -0.05) is 0 Å². The maximum atomic E-state index is 12.7. The van der Waals surface area contributed by atoms with Crippen molar-refractivity contribution in [3.8, 4) is 17.1 Å². The third-order valence-electron chi connectivity index (χ3n) is 6.14. The Morgan fingerprint density at radius 1 is 0.968 bits per heavy atom. The molecule has 0 N–H and O–H groups in total. The lowest BCUT2D eigenvalue weighted by Crippen LogP contribution is -2.47. The minimum Gasteiger partial charge on any atom is -0.497 e. The van der Waals surface area contributed by atoms with Crippen molar-refractivity contribution in [2.24, 2.45) is 5.92 Å². The number of hydrogen-bond acceptors (Lipinski definition) is 5. The van der Waals surface area contributed by atoms with Crippen molar-refractivity contribution >= 4 is 11.8 Å². The molecule has 2 saturated heterocycles. The molecule has 166 valence electrons. The number of morpholine rings is 1. The van der Waals surface area contributed by atoms with Gasteiger partial charge in [-0.3, -0.25) is 9.59 Å². The number of nitrogens with zero attached hydrogens (tertiary/aromatic N) is 2. The third kappa shape index (κ3) is 5.28. The van der Waals surface area contributed by atoms with Gasteiger partial charge in [-0.2, -0.15) is 0 Å². The van der Waals surface area contributed by atoms with Crippen LogP contribution in [0.15, 0.2) is 40.8 Å². The van der Waals surface area contributed by atoms with Crippen LogP contribution in [0.3, 0.4) is 0 Å².